The van der Waals surface area contributed by atoms with Crippen LogP contribution in [0.4, 0.5) is 15.8 Å². The zero-order valence-corrected chi connectivity index (χ0v) is 12.9. The van der Waals surface area contributed by atoms with Crippen molar-refractivity contribution < 1.29 is 18.8 Å². The molecular weight excluding hydrogens is 303 g/mol. The number of anilines is 1. The standard InChI is InChI=1S/C16H21FN2O4/c17-15-9-12(19(20)21)5-6-16(15)18(10-13-3-1-7-22-13)11-14-4-2-8-23-14/h5-6,9,13-14H,1-4,7-8,10-11H2/t13-,14-/m0/s1. The molecule has 2 heterocycles. The monoisotopic (exact) mass is 324 g/mol. The Morgan fingerprint density at radius 1 is 1.17 bits per heavy atom. The van der Waals surface area contributed by atoms with Gasteiger partial charge in [-0.1, -0.05) is 0 Å². The van der Waals surface area contributed by atoms with E-state index in [1.165, 1.54) is 12.1 Å². The molecule has 2 saturated heterocycles. The predicted octanol–water partition coefficient (Wildman–Crippen LogP) is 2.90. The molecule has 7 heteroatoms. The molecule has 2 aliphatic heterocycles. The van der Waals surface area contributed by atoms with E-state index < -0.39 is 10.7 Å². The predicted molar refractivity (Wildman–Crippen MR) is 83.2 cm³/mol. The zero-order valence-electron chi connectivity index (χ0n) is 12.9. The highest BCUT2D eigenvalue weighted by molar-refractivity contribution is 5.52. The number of nitrogens with zero attached hydrogens (tertiary/aromatic N) is 2. The van der Waals surface area contributed by atoms with Crippen LogP contribution in [-0.2, 0) is 9.47 Å². The van der Waals surface area contributed by atoms with Crippen molar-refractivity contribution in [3.05, 3.63) is 34.1 Å². The van der Waals surface area contributed by atoms with Gasteiger partial charge >= 0.3 is 0 Å². The number of nitro groups is 1. The van der Waals surface area contributed by atoms with Crippen LogP contribution in [0.3, 0.4) is 0 Å². The zero-order chi connectivity index (χ0) is 16.2. The number of hydrogen-bond donors (Lipinski definition) is 0. The minimum atomic E-state index is -0.586. The highest BCUT2D eigenvalue weighted by Crippen LogP contribution is 2.27. The van der Waals surface area contributed by atoms with Gasteiger partial charge in [0, 0.05) is 32.4 Å². The Morgan fingerprint density at radius 2 is 1.78 bits per heavy atom. The second-order valence-corrected chi connectivity index (χ2v) is 6.07. The van der Waals surface area contributed by atoms with Gasteiger partial charge in [-0.3, -0.25) is 10.1 Å². The molecule has 1 aromatic rings. The summed E-state index contributed by atoms with van der Waals surface area (Å²) in [6.45, 7) is 2.63. The molecule has 2 aliphatic rings. The summed E-state index contributed by atoms with van der Waals surface area (Å²) >= 11 is 0. The van der Waals surface area contributed by atoms with Crippen LogP contribution in [0.15, 0.2) is 18.2 Å². The van der Waals surface area contributed by atoms with Gasteiger partial charge in [-0.15, -0.1) is 0 Å². The van der Waals surface area contributed by atoms with Crippen molar-refractivity contribution in [1.82, 2.24) is 0 Å². The summed E-state index contributed by atoms with van der Waals surface area (Å²) in [5, 5.41) is 10.8. The van der Waals surface area contributed by atoms with Gasteiger partial charge in [0.1, 0.15) is 0 Å². The maximum Gasteiger partial charge on any atom is 0.272 e. The molecule has 1 aromatic carbocycles. The minimum Gasteiger partial charge on any atom is -0.376 e. The van der Waals surface area contributed by atoms with Gasteiger partial charge < -0.3 is 14.4 Å². The summed E-state index contributed by atoms with van der Waals surface area (Å²) in [7, 11) is 0. The molecule has 0 spiro atoms. The van der Waals surface area contributed by atoms with E-state index in [0.717, 1.165) is 45.0 Å². The van der Waals surface area contributed by atoms with Crippen molar-refractivity contribution in [2.75, 3.05) is 31.2 Å². The van der Waals surface area contributed by atoms with E-state index >= 15 is 0 Å². The second-order valence-electron chi connectivity index (χ2n) is 6.07. The molecule has 0 aliphatic carbocycles. The largest absolute Gasteiger partial charge is 0.376 e. The van der Waals surface area contributed by atoms with Gasteiger partial charge in [-0.25, -0.2) is 4.39 Å². The third-order valence-corrected chi connectivity index (χ3v) is 4.38. The third-order valence-electron chi connectivity index (χ3n) is 4.38. The molecule has 6 nitrogen and oxygen atoms in total. The summed E-state index contributed by atoms with van der Waals surface area (Å²) in [4.78, 5) is 12.1. The molecule has 0 bridgehead atoms. The number of halogens is 1. The van der Waals surface area contributed by atoms with Crippen LogP contribution in [0.1, 0.15) is 25.7 Å². The summed E-state index contributed by atoms with van der Waals surface area (Å²) in [5.41, 5.74) is 0.141. The van der Waals surface area contributed by atoms with Gasteiger partial charge in [0.2, 0.25) is 0 Å². The molecule has 2 fully saturated rings. The Morgan fingerprint density at radius 3 is 2.22 bits per heavy atom. The van der Waals surface area contributed by atoms with Crippen LogP contribution in [0.25, 0.3) is 0 Å². The van der Waals surface area contributed by atoms with Crippen LogP contribution < -0.4 is 4.90 Å². The first-order chi connectivity index (χ1) is 11.1. The lowest BCUT2D eigenvalue weighted by Crippen LogP contribution is -2.38. The fourth-order valence-corrected chi connectivity index (χ4v) is 3.21. The highest BCUT2D eigenvalue weighted by Gasteiger charge is 2.26. The number of hydrogen-bond acceptors (Lipinski definition) is 5. The molecular formula is C16H21FN2O4. The summed E-state index contributed by atoms with van der Waals surface area (Å²) in [6.07, 6.45) is 4.09. The SMILES string of the molecule is O=[N+]([O-])c1ccc(N(C[C@@H]2CCCO2)C[C@@H]2CCCO2)c(F)c1. The Hall–Kier alpha value is -1.73. The van der Waals surface area contributed by atoms with Crippen LogP contribution in [0, 0.1) is 15.9 Å². The van der Waals surface area contributed by atoms with Crippen LogP contribution in [0.2, 0.25) is 0 Å². The van der Waals surface area contributed by atoms with E-state index in [1.807, 2.05) is 4.90 Å². The maximum atomic E-state index is 14.4. The summed E-state index contributed by atoms with van der Waals surface area (Å²) < 4.78 is 25.7. The number of ether oxygens (including phenoxy) is 2. The van der Waals surface area contributed by atoms with Crippen molar-refractivity contribution in [1.29, 1.82) is 0 Å². The Labute approximate surface area is 134 Å². The molecule has 0 saturated carbocycles. The first kappa shape index (κ1) is 16.1. The lowest BCUT2D eigenvalue weighted by atomic mass is 10.1. The highest BCUT2D eigenvalue weighted by atomic mass is 19.1. The van der Waals surface area contributed by atoms with Crippen molar-refractivity contribution >= 4 is 11.4 Å². The maximum absolute atomic E-state index is 14.4. The van der Waals surface area contributed by atoms with Gasteiger partial charge in [0.15, 0.2) is 5.82 Å². The number of benzene rings is 1. The van der Waals surface area contributed by atoms with Crippen molar-refractivity contribution in [2.24, 2.45) is 0 Å². The molecule has 0 aromatic heterocycles. The molecule has 0 amide bonds. The van der Waals surface area contributed by atoms with Gasteiger partial charge in [-0.05, 0) is 31.7 Å². The summed E-state index contributed by atoms with van der Waals surface area (Å²) in [6, 6.07) is 3.81. The third kappa shape index (κ3) is 3.97. The molecule has 2 atom stereocenters. The van der Waals surface area contributed by atoms with Crippen molar-refractivity contribution in [2.45, 2.75) is 37.9 Å². The Balaban J connectivity index is 1.79. The van der Waals surface area contributed by atoms with Gasteiger partial charge in [0.25, 0.3) is 5.69 Å². The average molecular weight is 324 g/mol. The average Bonchev–Trinajstić information content (AvgIpc) is 3.20. The van der Waals surface area contributed by atoms with Crippen LogP contribution >= 0.6 is 0 Å². The number of rotatable bonds is 6. The van der Waals surface area contributed by atoms with E-state index in [0.29, 0.717) is 18.8 Å². The normalized spacial score (nSPS) is 24.0. The molecule has 0 N–H and O–H groups in total. The van der Waals surface area contributed by atoms with Crippen LogP contribution in [0.5, 0.6) is 0 Å². The van der Waals surface area contributed by atoms with Gasteiger partial charge in [-0.2, -0.15) is 0 Å². The second kappa shape index (κ2) is 7.23. The molecule has 0 radical (unpaired) electrons. The van der Waals surface area contributed by atoms with E-state index in [-0.39, 0.29) is 17.9 Å². The molecule has 0 unspecified atom stereocenters. The molecule has 23 heavy (non-hydrogen) atoms. The van der Waals surface area contributed by atoms with E-state index in [1.54, 1.807) is 0 Å². The smallest absolute Gasteiger partial charge is 0.272 e. The quantitative estimate of drug-likeness (QED) is 0.595. The van der Waals surface area contributed by atoms with Crippen LogP contribution in [-0.4, -0.2) is 43.4 Å². The number of non-ortho nitro benzene ring substituents is 1. The van der Waals surface area contributed by atoms with Crippen molar-refractivity contribution in [3.63, 3.8) is 0 Å². The van der Waals surface area contributed by atoms with E-state index in [4.69, 9.17) is 9.47 Å². The summed E-state index contributed by atoms with van der Waals surface area (Å²) in [5.74, 6) is -0.574. The lowest BCUT2D eigenvalue weighted by molar-refractivity contribution is -0.385. The van der Waals surface area contributed by atoms with E-state index in [9.17, 15) is 14.5 Å². The first-order valence-corrected chi connectivity index (χ1v) is 8.05. The fourth-order valence-electron chi connectivity index (χ4n) is 3.21. The van der Waals surface area contributed by atoms with E-state index in [2.05, 4.69) is 0 Å². The van der Waals surface area contributed by atoms with Gasteiger partial charge in [0.05, 0.1) is 28.9 Å². The molecule has 3 rings (SSSR count). The molecule has 126 valence electrons. The van der Waals surface area contributed by atoms with Crippen molar-refractivity contribution in [3.8, 4) is 0 Å². The lowest BCUT2D eigenvalue weighted by Gasteiger charge is -2.29. The fraction of sp³-hybridized carbons (Fsp3) is 0.625. The minimum absolute atomic E-state index is 0.0750. The first-order valence-electron chi connectivity index (χ1n) is 8.05. The topological polar surface area (TPSA) is 64.8 Å². The Kier molecular flexibility index (Phi) is 5.07. The Bertz CT molecular complexity index is 539. The number of nitro benzene ring substituents is 1.